The van der Waals surface area contributed by atoms with Crippen molar-refractivity contribution in [1.82, 2.24) is 9.97 Å². The van der Waals surface area contributed by atoms with E-state index in [-0.39, 0.29) is 0 Å². The fourth-order valence-corrected chi connectivity index (χ4v) is 2.85. The molecule has 110 valence electrons. The molecule has 0 atom stereocenters. The van der Waals surface area contributed by atoms with Crippen LogP contribution in [0.4, 0.5) is 11.8 Å². The third-order valence-corrected chi connectivity index (χ3v) is 3.98. The van der Waals surface area contributed by atoms with Gasteiger partial charge in [-0.2, -0.15) is 4.98 Å². The summed E-state index contributed by atoms with van der Waals surface area (Å²) < 4.78 is 0. The lowest BCUT2D eigenvalue weighted by Crippen LogP contribution is -2.26. The number of benzene rings is 1. The molecule has 1 aromatic carbocycles. The van der Waals surface area contributed by atoms with Crippen LogP contribution in [0, 0.1) is 0 Å². The first-order valence-corrected chi connectivity index (χ1v) is 7.75. The van der Waals surface area contributed by atoms with Crippen LogP contribution in [0.1, 0.15) is 25.7 Å². The zero-order chi connectivity index (χ0) is 14.7. The SMILES string of the molecule is Nc1cc(-c2cccc(Cl)c2)nc(N2CCCCCC2)n1. The second-order valence-electron chi connectivity index (χ2n) is 5.39. The maximum Gasteiger partial charge on any atom is 0.227 e. The lowest BCUT2D eigenvalue weighted by Gasteiger charge is -2.21. The monoisotopic (exact) mass is 302 g/mol. The first-order valence-electron chi connectivity index (χ1n) is 7.38. The molecular formula is C16H19ClN4. The molecule has 0 unspecified atom stereocenters. The molecule has 2 heterocycles. The average Bonchev–Trinajstić information content (AvgIpc) is 2.76. The molecule has 0 bridgehead atoms. The van der Waals surface area contributed by atoms with E-state index >= 15 is 0 Å². The fourth-order valence-electron chi connectivity index (χ4n) is 2.66. The summed E-state index contributed by atoms with van der Waals surface area (Å²) in [6, 6.07) is 9.45. The normalized spacial score (nSPS) is 15.8. The zero-order valence-electron chi connectivity index (χ0n) is 11.9. The van der Waals surface area contributed by atoms with E-state index in [1.54, 1.807) is 6.07 Å². The maximum absolute atomic E-state index is 6.06. The Bertz CT molecular complexity index is 621. The molecular weight excluding hydrogens is 284 g/mol. The summed E-state index contributed by atoms with van der Waals surface area (Å²) in [6.45, 7) is 2.00. The number of rotatable bonds is 2. The first kappa shape index (κ1) is 14.1. The number of nitrogens with zero attached hydrogens (tertiary/aromatic N) is 3. The number of hydrogen-bond donors (Lipinski definition) is 1. The summed E-state index contributed by atoms with van der Waals surface area (Å²) in [5.74, 6) is 1.23. The highest BCUT2D eigenvalue weighted by Crippen LogP contribution is 2.25. The number of anilines is 2. The van der Waals surface area contributed by atoms with Crippen LogP contribution in [0.3, 0.4) is 0 Å². The van der Waals surface area contributed by atoms with Crippen LogP contribution in [0.2, 0.25) is 5.02 Å². The molecule has 0 amide bonds. The Kier molecular flexibility index (Phi) is 4.25. The molecule has 1 fully saturated rings. The Morgan fingerprint density at radius 2 is 1.76 bits per heavy atom. The summed E-state index contributed by atoms with van der Waals surface area (Å²) in [5, 5.41) is 0.695. The van der Waals surface area contributed by atoms with Crippen molar-refractivity contribution < 1.29 is 0 Å². The van der Waals surface area contributed by atoms with Gasteiger partial charge in [0.05, 0.1) is 5.69 Å². The highest BCUT2D eigenvalue weighted by Gasteiger charge is 2.14. The summed E-state index contributed by atoms with van der Waals surface area (Å²) in [6.07, 6.45) is 4.93. The predicted molar refractivity (Wildman–Crippen MR) is 87.6 cm³/mol. The van der Waals surface area contributed by atoms with Crippen molar-refractivity contribution in [2.75, 3.05) is 23.7 Å². The van der Waals surface area contributed by atoms with Crippen LogP contribution in [0.25, 0.3) is 11.3 Å². The highest BCUT2D eigenvalue weighted by molar-refractivity contribution is 6.30. The van der Waals surface area contributed by atoms with Gasteiger partial charge in [-0.25, -0.2) is 4.98 Å². The number of hydrogen-bond acceptors (Lipinski definition) is 4. The topological polar surface area (TPSA) is 55.0 Å². The van der Waals surface area contributed by atoms with E-state index in [2.05, 4.69) is 14.9 Å². The van der Waals surface area contributed by atoms with E-state index in [4.69, 9.17) is 17.3 Å². The summed E-state index contributed by atoms with van der Waals surface area (Å²) >= 11 is 6.06. The van der Waals surface area contributed by atoms with E-state index in [9.17, 15) is 0 Å². The van der Waals surface area contributed by atoms with E-state index in [0.29, 0.717) is 10.8 Å². The van der Waals surface area contributed by atoms with Gasteiger partial charge in [-0.15, -0.1) is 0 Å². The van der Waals surface area contributed by atoms with Crippen molar-refractivity contribution in [3.8, 4) is 11.3 Å². The number of aromatic nitrogens is 2. The highest BCUT2D eigenvalue weighted by atomic mass is 35.5. The van der Waals surface area contributed by atoms with Crippen molar-refractivity contribution in [2.24, 2.45) is 0 Å². The maximum atomic E-state index is 6.06. The van der Waals surface area contributed by atoms with Crippen molar-refractivity contribution in [1.29, 1.82) is 0 Å². The summed E-state index contributed by atoms with van der Waals surface area (Å²) in [4.78, 5) is 11.3. The Hall–Kier alpha value is -1.81. The predicted octanol–water partition coefficient (Wildman–Crippen LogP) is 3.76. The summed E-state index contributed by atoms with van der Waals surface area (Å²) in [5.41, 5.74) is 7.76. The van der Waals surface area contributed by atoms with Crippen LogP contribution >= 0.6 is 11.6 Å². The van der Waals surface area contributed by atoms with Crippen LogP contribution in [0.5, 0.6) is 0 Å². The van der Waals surface area contributed by atoms with Crippen LogP contribution in [-0.2, 0) is 0 Å². The van der Waals surface area contributed by atoms with Gasteiger partial charge < -0.3 is 10.6 Å². The molecule has 0 aliphatic carbocycles. The van der Waals surface area contributed by atoms with Gasteiger partial charge in [0.2, 0.25) is 5.95 Å². The van der Waals surface area contributed by atoms with Gasteiger partial charge in [0.15, 0.2) is 0 Å². The summed E-state index contributed by atoms with van der Waals surface area (Å²) in [7, 11) is 0. The molecule has 0 radical (unpaired) electrons. The third-order valence-electron chi connectivity index (χ3n) is 3.74. The smallest absolute Gasteiger partial charge is 0.227 e. The van der Waals surface area contributed by atoms with Gasteiger partial charge in [-0.1, -0.05) is 36.6 Å². The van der Waals surface area contributed by atoms with Crippen LogP contribution in [-0.4, -0.2) is 23.1 Å². The second kappa shape index (κ2) is 6.31. The van der Waals surface area contributed by atoms with Gasteiger partial charge in [-0.3, -0.25) is 0 Å². The molecule has 1 aliphatic rings. The second-order valence-corrected chi connectivity index (χ2v) is 5.83. The first-order chi connectivity index (χ1) is 10.2. The van der Waals surface area contributed by atoms with Crippen molar-refractivity contribution in [3.05, 3.63) is 35.4 Å². The Morgan fingerprint density at radius 1 is 1.00 bits per heavy atom. The van der Waals surface area contributed by atoms with E-state index in [1.165, 1.54) is 25.7 Å². The molecule has 2 aromatic rings. The third kappa shape index (κ3) is 3.45. The number of nitrogen functional groups attached to an aromatic ring is 1. The molecule has 2 N–H and O–H groups in total. The molecule has 0 spiro atoms. The zero-order valence-corrected chi connectivity index (χ0v) is 12.7. The van der Waals surface area contributed by atoms with Crippen molar-refractivity contribution >= 4 is 23.4 Å². The minimum atomic E-state index is 0.499. The molecule has 1 saturated heterocycles. The Labute approximate surface area is 130 Å². The van der Waals surface area contributed by atoms with Crippen LogP contribution in [0.15, 0.2) is 30.3 Å². The molecule has 21 heavy (non-hydrogen) atoms. The molecule has 4 nitrogen and oxygen atoms in total. The van der Waals surface area contributed by atoms with Gasteiger partial charge in [-0.05, 0) is 25.0 Å². The lowest BCUT2D eigenvalue weighted by molar-refractivity contribution is 0.726. The van der Waals surface area contributed by atoms with Crippen LogP contribution < -0.4 is 10.6 Å². The quantitative estimate of drug-likeness (QED) is 0.917. The van der Waals surface area contributed by atoms with E-state index < -0.39 is 0 Å². The molecule has 0 saturated carbocycles. The molecule has 3 rings (SSSR count). The fraction of sp³-hybridized carbons (Fsp3) is 0.375. The largest absolute Gasteiger partial charge is 0.384 e. The molecule has 5 heteroatoms. The van der Waals surface area contributed by atoms with Crippen molar-refractivity contribution in [3.63, 3.8) is 0 Å². The van der Waals surface area contributed by atoms with E-state index in [0.717, 1.165) is 30.3 Å². The van der Waals surface area contributed by atoms with Gasteiger partial charge >= 0.3 is 0 Å². The number of nitrogens with two attached hydrogens (primary N) is 1. The Balaban J connectivity index is 1.95. The van der Waals surface area contributed by atoms with E-state index in [1.807, 2.05) is 24.3 Å². The lowest BCUT2D eigenvalue weighted by atomic mass is 10.1. The Morgan fingerprint density at radius 3 is 2.48 bits per heavy atom. The van der Waals surface area contributed by atoms with Gasteiger partial charge in [0.25, 0.3) is 0 Å². The minimum absolute atomic E-state index is 0.499. The van der Waals surface area contributed by atoms with Crippen molar-refractivity contribution in [2.45, 2.75) is 25.7 Å². The molecule has 1 aliphatic heterocycles. The molecule has 1 aromatic heterocycles. The standard InChI is InChI=1S/C16H19ClN4/c17-13-7-5-6-12(10-13)14-11-15(18)20-16(19-14)21-8-3-1-2-4-9-21/h5-7,10-11H,1-4,8-9H2,(H2,18,19,20). The van der Waals surface area contributed by atoms with Gasteiger partial charge in [0.1, 0.15) is 5.82 Å². The minimum Gasteiger partial charge on any atom is -0.384 e. The van der Waals surface area contributed by atoms with Gasteiger partial charge in [0, 0.05) is 29.7 Å². The average molecular weight is 303 g/mol. The number of halogens is 1.